The molecule has 0 bridgehead atoms. The number of carbonyl (C=O) groups is 1. The molecule has 0 unspecified atom stereocenters. The lowest BCUT2D eigenvalue weighted by atomic mass is 10.0. The maximum absolute atomic E-state index is 12.6. The van der Waals surface area contributed by atoms with Gasteiger partial charge in [-0.15, -0.1) is 0 Å². The van der Waals surface area contributed by atoms with Crippen molar-refractivity contribution in [2.75, 3.05) is 12.4 Å². The number of methoxy groups -OCH3 is 1. The smallest absolute Gasteiger partial charge is 0.237 e. The Hall–Kier alpha value is -2.36. The molecule has 1 N–H and O–H groups in total. The highest BCUT2D eigenvalue weighted by Crippen LogP contribution is 2.64. The van der Waals surface area contributed by atoms with Crippen LogP contribution in [0.2, 0.25) is 0 Å². The molecule has 1 amide bonds. The minimum atomic E-state index is -0.0418. The quantitative estimate of drug-likeness (QED) is 0.940. The molecule has 1 fully saturated rings. The Kier molecular flexibility index (Phi) is 3.61. The molecule has 1 aromatic carbocycles. The van der Waals surface area contributed by atoms with E-state index in [2.05, 4.69) is 36.3 Å². The summed E-state index contributed by atoms with van der Waals surface area (Å²) in [6, 6.07) is 13.8. The summed E-state index contributed by atoms with van der Waals surface area (Å²) in [5.41, 5.74) is 1.79. The van der Waals surface area contributed by atoms with Crippen LogP contribution in [-0.2, 0) is 4.79 Å². The summed E-state index contributed by atoms with van der Waals surface area (Å²) in [5, 5.41) is 2.95. The molecular formula is C18H20N2O2. The molecule has 2 atom stereocenters. The van der Waals surface area contributed by atoms with Crippen LogP contribution in [0.3, 0.4) is 0 Å². The van der Waals surface area contributed by atoms with Crippen LogP contribution in [-0.4, -0.2) is 18.0 Å². The largest absolute Gasteiger partial charge is 0.480 e. The maximum Gasteiger partial charge on any atom is 0.237 e. The molecule has 1 heterocycles. The van der Waals surface area contributed by atoms with E-state index in [0.717, 1.165) is 0 Å². The topological polar surface area (TPSA) is 51.2 Å². The van der Waals surface area contributed by atoms with Gasteiger partial charge in [0.15, 0.2) is 0 Å². The van der Waals surface area contributed by atoms with Gasteiger partial charge in [0.2, 0.25) is 11.8 Å². The van der Waals surface area contributed by atoms with E-state index in [1.807, 2.05) is 18.2 Å². The second-order valence-corrected chi connectivity index (χ2v) is 6.24. The summed E-state index contributed by atoms with van der Waals surface area (Å²) in [6.45, 7) is 4.27. The van der Waals surface area contributed by atoms with Crippen molar-refractivity contribution in [2.24, 2.45) is 11.3 Å². The number of aromatic nitrogens is 1. The average molecular weight is 296 g/mol. The van der Waals surface area contributed by atoms with Crippen molar-refractivity contribution in [3.8, 4) is 5.88 Å². The van der Waals surface area contributed by atoms with Crippen molar-refractivity contribution >= 4 is 11.6 Å². The van der Waals surface area contributed by atoms with E-state index in [1.54, 1.807) is 25.4 Å². The molecule has 1 aliphatic carbocycles. The van der Waals surface area contributed by atoms with E-state index >= 15 is 0 Å². The zero-order valence-corrected chi connectivity index (χ0v) is 13.0. The number of rotatable bonds is 4. The monoisotopic (exact) mass is 296 g/mol. The third kappa shape index (κ3) is 2.45. The third-order valence-corrected chi connectivity index (χ3v) is 4.49. The highest BCUT2D eigenvalue weighted by molar-refractivity contribution is 5.97. The van der Waals surface area contributed by atoms with Gasteiger partial charge < -0.3 is 10.1 Å². The minimum absolute atomic E-state index is 0.0187. The highest BCUT2D eigenvalue weighted by atomic mass is 16.5. The fraction of sp³-hybridized carbons (Fsp3) is 0.333. The number of hydrogen-bond donors (Lipinski definition) is 1. The van der Waals surface area contributed by atoms with Gasteiger partial charge in [0.05, 0.1) is 13.0 Å². The summed E-state index contributed by atoms with van der Waals surface area (Å²) in [5.74, 6) is 0.659. The van der Waals surface area contributed by atoms with E-state index in [-0.39, 0.29) is 23.2 Å². The predicted molar refractivity (Wildman–Crippen MR) is 85.9 cm³/mol. The van der Waals surface area contributed by atoms with E-state index in [0.29, 0.717) is 11.6 Å². The number of pyridine rings is 1. The van der Waals surface area contributed by atoms with Crippen molar-refractivity contribution < 1.29 is 9.53 Å². The number of benzene rings is 1. The molecule has 1 saturated carbocycles. The van der Waals surface area contributed by atoms with E-state index in [9.17, 15) is 4.79 Å². The van der Waals surface area contributed by atoms with Crippen LogP contribution in [0.1, 0.15) is 25.3 Å². The number of nitrogens with one attached hydrogen (secondary N) is 1. The average Bonchev–Trinajstić information content (AvgIpc) is 3.11. The first kappa shape index (κ1) is 14.6. The molecule has 2 aromatic rings. The van der Waals surface area contributed by atoms with Crippen LogP contribution in [0.15, 0.2) is 48.7 Å². The second kappa shape index (κ2) is 5.44. The molecule has 3 rings (SSSR count). The van der Waals surface area contributed by atoms with Gasteiger partial charge in [0.1, 0.15) is 5.69 Å². The van der Waals surface area contributed by atoms with Gasteiger partial charge in [-0.2, -0.15) is 0 Å². The second-order valence-electron chi connectivity index (χ2n) is 6.24. The molecule has 4 nitrogen and oxygen atoms in total. The third-order valence-electron chi connectivity index (χ3n) is 4.49. The molecular weight excluding hydrogens is 276 g/mol. The van der Waals surface area contributed by atoms with Crippen molar-refractivity contribution in [3.05, 3.63) is 54.2 Å². The molecule has 4 heteroatoms. The summed E-state index contributed by atoms with van der Waals surface area (Å²) in [6.07, 6.45) is 1.64. The number of hydrogen-bond acceptors (Lipinski definition) is 3. The van der Waals surface area contributed by atoms with Crippen molar-refractivity contribution in [3.63, 3.8) is 0 Å². The molecule has 0 aliphatic heterocycles. The van der Waals surface area contributed by atoms with E-state index < -0.39 is 0 Å². The first-order chi connectivity index (χ1) is 10.6. The van der Waals surface area contributed by atoms with Gasteiger partial charge in [-0.1, -0.05) is 44.2 Å². The molecule has 1 aliphatic rings. The summed E-state index contributed by atoms with van der Waals surface area (Å²) in [7, 11) is 1.55. The van der Waals surface area contributed by atoms with Gasteiger partial charge in [-0.3, -0.25) is 4.79 Å². The standard InChI is InChI=1S/C18H20N2O2/c1-18(2)14(12-8-5-4-6-9-12)15(18)16(21)20-13-10-7-11-19-17(13)22-3/h4-11,14-15H,1-3H3,(H,20,21)/t14-,15+/m1/s1. The Morgan fingerprint density at radius 3 is 2.59 bits per heavy atom. The Morgan fingerprint density at radius 2 is 1.91 bits per heavy atom. The van der Waals surface area contributed by atoms with Gasteiger partial charge >= 0.3 is 0 Å². The highest BCUT2D eigenvalue weighted by Gasteiger charge is 2.62. The van der Waals surface area contributed by atoms with Gasteiger partial charge in [0.25, 0.3) is 0 Å². The Labute approximate surface area is 130 Å². The van der Waals surface area contributed by atoms with Crippen molar-refractivity contribution in [2.45, 2.75) is 19.8 Å². The summed E-state index contributed by atoms with van der Waals surface area (Å²) >= 11 is 0. The van der Waals surface area contributed by atoms with Crippen LogP contribution in [0.25, 0.3) is 0 Å². The molecule has 114 valence electrons. The fourth-order valence-corrected chi connectivity index (χ4v) is 3.27. The molecule has 0 saturated heterocycles. The van der Waals surface area contributed by atoms with Crippen LogP contribution in [0, 0.1) is 11.3 Å². The zero-order chi connectivity index (χ0) is 15.7. The maximum atomic E-state index is 12.6. The van der Waals surface area contributed by atoms with Crippen molar-refractivity contribution in [1.82, 2.24) is 4.98 Å². The molecule has 0 spiro atoms. The fourth-order valence-electron chi connectivity index (χ4n) is 3.27. The number of carbonyl (C=O) groups excluding carboxylic acids is 1. The minimum Gasteiger partial charge on any atom is -0.480 e. The van der Waals surface area contributed by atoms with Crippen LogP contribution in [0.4, 0.5) is 5.69 Å². The summed E-state index contributed by atoms with van der Waals surface area (Å²) in [4.78, 5) is 16.8. The number of ether oxygens (including phenoxy) is 1. The number of anilines is 1. The van der Waals surface area contributed by atoms with Gasteiger partial charge in [-0.05, 0) is 23.1 Å². The van der Waals surface area contributed by atoms with Gasteiger partial charge in [0, 0.05) is 12.1 Å². The predicted octanol–water partition coefficient (Wildman–Crippen LogP) is 3.47. The SMILES string of the molecule is COc1ncccc1NC(=O)[C@@H]1[C@@H](c2ccccc2)C1(C)C. The first-order valence-corrected chi connectivity index (χ1v) is 7.40. The first-order valence-electron chi connectivity index (χ1n) is 7.40. The Balaban J connectivity index is 1.79. The van der Waals surface area contributed by atoms with E-state index in [4.69, 9.17) is 4.74 Å². The zero-order valence-electron chi connectivity index (χ0n) is 13.0. The Morgan fingerprint density at radius 1 is 1.18 bits per heavy atom. The van der Waals surface area contributed by atoms with E-state index in [1.165, 1.54) is 5.56 Å². The number of amides is 1. The lowest BCUT2D eigenvalue weighted by Crippen LogP contribution is -2.17. The molecule has 0 radical (unpaired) electrons. The molecule has 1 aromatic heterocycles. The van der Waals surface area contributed by atoms with Gasteiger partial charge in [-0.25, -0.2) is 4.98 Å². The summed E-state index contributed by atoms with van der Waals surface area (Å²) < 4.78 is 5.18. The lowest BCUT2D eigenvalue weighted by Gasteiger charge is -2.09. The lowest BCUT2D eigenvalue weighted by molar-refractivity contribution is -0.118. The molecule has 22 heavy (non-hydrogen) atoms. The normalized spacial score (nSPS) is 22.0. The van der Waals surface area contributed by atoms with Crippen LogP contribution >= 0.6 is 0 Å². The number of nitrogens with zero attached hydrogens (tertiary/aromatic N) is 1. The Bertz CT molecular complexity index is 682. The van der Waals surface area contributed by atoms with Crippen LogP contribution < -0.4 is 10.1 Å². The van der Waals surface area contributed by atoms with Crippen LogP contribution in [0.5, 0.6) is 5.88 Å². The van der Waals surface area contributed by atoms with Crippen molar-refractivity contribution in [1.29, 1.82) is 0 Å².